The fourth-order valence-corrected chi connectivity index (χ4v) is 3.57. The molecule has 8 heteroatoms. The maximum absolute atomic E-state index is 13.2. The van der Waals surface area contributed by atoms with Crippen molar-refractivity contribution in [2.24, 2.45) is 0 Å². The van der Waals surface area contributed by atoms with Gasteiger partial charge < -0.3 is 4.74 Å². The number of sulfonamides is 1. The molecule has 1 atom stereocenters. The summed E-state index contributed by atoms with van der Waals surface area (Å²) in [7, 11) is -4.70. The van der Waals surface area contributed by atoms with Crippen LogP contribution in [-0.2, 0) is 19.6 Å². The minimum Gasteiger partial charge on any atom is -0.463 e. The molecule has 0 aliphatic heterocycles. The second-order valence-electron chi connectivity index (χ2n) is 4.56. The second-order valence-corrected chi connectivity index (χ2v) is 6.73. The number of carbonyl (C=O) groups is 1. The molecule has 0 saturated carbocycles. The van der Waals surface area contributed by atoms with Crippen molar-refractivity contribution >= 4 is 33.3 Å². The number of nitrogens with one attached hydrogen (secondary N) is 1. The van der Waals surface area contributed by atoms with Crippen molar-refractivity contribution in [3.8, 4) is 0 Å². The third kappa shape index (κ3) is 4.23. The van der Waals surface area contributed by atoms with Gasteiger partial charge in [0.2, 0.25) is 10.0 Å². The fraction of sp³-hybridized carbons (Fsp3) is 0.400. The number of hydrogen-bond acceptors (Lipinski definition) is 4. The summed E-state index contributed by atoms with van der Waals surface area (Å²) < 4.78 is 77.6. The summed E-state index contributed by atoms with van der Waals surface area (Å²) >= 11 is 5.81. The van der Waals surface area contributed by atoms with E-state index in [2.05, 4.69) is 0 Å². The number of halogens is 2. The molecular weight excluding hydrogens is 345 g/mol. The topological polar surface area (TPSA) is 72.5 Å². The molecule has 0 bridgehead atoms. The van der Waals surface area contributed by atoms with E-state index in [-0.39, 0.29) is 17.3 Å². The highest BCUT2D eigenvalue weighted by Gasteiger charge is 2.35. The summed E-state index contributed by atoms with van der Waals surface area (Å²) in [6.45, 7) is 1.42. The van der Waals surface area contributed by atoms with Crippen LogP contribution in [0.2, 0.25) is 5.02 Å². The second kappa shape index (κ2) is 7.31. The predicted molar refractivity (Wildman–Crippen MR) is 86.3 cm³/mol. The lowest BCUT2D eigenvalue weighted by Gasteiger charge is -2.24. The van der Waals surface area contributed by atoms with Crippen LogP contribution >= 0.6 is 11.6 Å². The molecule has 5 nitrogen and oxygen atoms in total. The zero-order valence-corrected chi connectivity index (χ0v) is 13.7. The zero-order valence-electron chi connectivity index (χ0n) is 16.1. The first kappa shape index (κ1) is 12.8. The van der Waals surface area contributed by atoms with Crippen LogP contribution in [0.1, 0.15) is 31.6 Å². The molecule has 0 heterocycles. The van der Waals surface area contributed by atoms with Gasteiger partial charge in [-0.3, -0.25) is 4.72 Å². The van der Waals surface area contributed by atoms with E-state index in [4.69, 9.17) is 21.8 Å². The first-order valence-corrected chi connectivity index (χ1v) is 8.60. The number of rotatable bonds is 5. The lowest BCUT2D eigenvalue weighted by atomic mass is 9.99. The quantitative estimate of drug-likeness (QED) is 0.813. The van der Waals surface area contributed by atoms with Gasteiger partial charge in [-0.15, -0.1) is 0 Å². The monoisotopic (exact) mass is 365 g/mol. The van der Waals surface area contributed by atoms with E-state index >= 15 is 0 Å². The average molecular weight is 366 g/mol. The van der Waals surface area contributed by atoms with Crippen molar-refractivity contribution in [1.29, 1.82) is 0 Å². The lowest BCUT2D eigenvalue weighted by molar-refractivity contribution is -0.138. The molecule has 0 fully saturated rings. The highest BCUT2D eigenvalue weighted by atomic mass is 35.5. The van der Waals surface area contributed by atoms with Crippen LogP contribution in [0.3, 0.4) is 0 Å². The molecule has 0 saturated heterocycles. The Hall–Kier alpha value is -1.60. The minimum atomic E-state index is -4.70. The van der Waals surface area contributed by atoms with Crippen molar-refractivity contribution < 1.29 is 27.8 Å². The third-order valence-corrected chi connectivity index (χ3v) is 4.75. The molecule has 23 heavy (non-hydrogen) atoms. The molecule has 1 aromatic rings. The van der Waals surface area contributed by atoms with E-state index in [1.807, 2.05) is 4.72 Å². The Bertz CT molecular complexity index is 892. The zero-order chi connectivity index (χ0) is 20.6. The van der Waals surface area contributed by atoms with Crippen molar-refractivity contribution in [3.05, 3.63) is 40.7 Å². The number of esters is 1. The maximum atomic E-state index is 13.2. The van der Waals surface area contributed by atoms with Crippen molar-refractivity contribution in [3.63, 3.8) is 0 Å². The van der Waals surface area contributed by atoms with Crippen LogP contribution in [0.25, 0.3) is 0 Å². The highest BCUT2D eigenvalue weighted by molar-refractivity contribution is 7.93. The molecule has 1 N–H and O–H groups in total. The van der Waals surface area contributed by atoms with Gasteiger partial charge >= 0.3 is 5.97 Å². The van der Waals surface area contributed by atoms with Gasteiger partial charge in [0.15, 0.2) is 0 Å². The number of carbonyl (C=O) groups excluding carboxylic acids is 1. The molecule has 1 aromatic carbocycles. The van der Waals surface area contributed by atoms with Gasteiger partial charge in [0.25, 0.3) is 0 Å². The summed E-state index contributed by atoms with van der Waals surface area (Å²) in [5, 5.41) is -2.48. The molecule has 1 aliphatic rings. The number of hydrogen-bond donors (Lipinski definition) is 1. The van der Waals surface area contributed by atoms with Crippen LogP contribution in [0.15, 0.2) is 29.8 Å². The van der Waals surface area contributed by atoms with Gasteiger partial charge in [0.1, 0.15) is 11.1 Å². The third-order valence-electron chi connectivity index (χ3n) is 2.94. The molecular formula is C15H17ClFNO4S. The number of allylic oxidation sites excluding steroid dienone is 1. The number of anilines is 1. The van der Waals surface area contributed by atoms with Gasteiger partial charge in [-0.2, -0.15) is 0 Å². The van der Waals surface area contributed by atoms with Crippen molar-refractivity contribution in [1.82, 2.24) is 0 Å². The van der Waals surface area contributed by atoms with Crippen LogP contribution in [0.5, 0.6) is 0 Å². The summed E-state index contributed by atoms with van der Waals surface area (Å²) in [6.07, 6.45) is -5.00. The largest absolute Gasteiger partial charge is 0.463 e. The Labute approximate surface area is 145 Å². The van der Waals surface area contributed by atoms with Crippen LogP contribution in [-0.4, -0.2) is 26.2 Å². The molecule has 2 rings (SSSR count). The molecule has 0 amide bonds. The van der Waals surface area contributed by atoms with Gasteiger partial charge in [-0.1, -0.05) is 17.7 Å². The van der Waals surface area contributed by atoms with Crippen molar-refractivity contribution in [2.45, 2.75) is 31.3 Å². The number of benzene rings is 1. The summed E-state index contributed by atoms with van der Waals surface area (Å²) in [5.74, 6) is -1.77. The SMILES string of the molecule is [2H]C1([2H])CC=C(C(=O)OCC)[C@H](S(=O)(=O)Nc2ccc(F)cc2Cl)C1([2H])[2H]. The Morgan fingerprint density at radius 3 is 2.96 bits per heavy atom. The van der Waals surface area contributed by atoms with Crippen LogP contribution in [0, 0.1) is 5.82 Å². The van der Waals surface area contributed by atoms with E-state index in [9.17, 15) is 17.6 Å². The van der Waals surface area contributed by atoms with E-state index < -0.39 is 51.8 Å². The van der Waals surface area contributed by atoms with Crippen LogP contribution in [0.4, 0.5) is 10.1 Å². The lowest BCUT2D eigenvalue weighted by Crippen LogP contribution is -2.34. The van der Waals surface area contributed by atoms with Crippen molar-refractivity contribution in [2.75, 3.05) is 11.3 Å². The minimum absolute atomic E-state index is 0.0734. The molecule has 0 aromatic heterocycles. The smallest absolute Gasteiger partial charge is 0.335 e. The molecule has 1 aliphatic carbocycles. The first-order chi connectivity index (χ1) is 12.3. The Balaban J connectivity index is 2.55. The van der Waals surface area contributed by atoms with Gasteiger partial charge in [-0.05, 0) is 44.3 Å². The Kier molecular flexibility index (Phi) is 4.06. The average Bonchev–Trinajstić information content (AvgIpc) is 2.52. The highest BCUT2D eigenvalue weighted by Crippen LogP contribution is 2.30. The van der Waals surface area contributed by atoms with Gasteiger partial charge in [-0.25, -0.2) is 17.6 Å². The molecule has 126 valence electrons. The summed E-state index contributed by atoms with van der Waals surface area (Å²) in [6, 6.07) is 2.84. The predicted octanol–water partition coefficient (Wildman–Crippen LogP) is 3.26. The Morgan fingerprint density at radius 1 is 1.57 bits per heavy atom. The summed E-state index contributed by atoms with van der Waals surface area (Å²) in [4.78, 5) is 12.2. The summed E-state index contributed by atoms with van der Waals surface area (Å²) in [5.41, 5.74) is -0.745. The molecule has 0 radical (unpaired) electrons. The Morgan fingerprint density at radius 2 is 2.30 bits per heavy atom. The van der Waals surface area contributed by atoms with E-state index in [1.54, 1.807) is 0 Å². The van der Waals surface area contributed by atoms with E-state index in [1.165, 1.54) is 6.92 Å². The first-order valence-electron chi connectivity index (χ1n) is 8.67. The molecule has 0 unspecified atom stereocenters. The standard InChI is InChI=1S/C15H17ClFNO4S/c1-2-22-15(19)11-5-3-4-6-14(11)23(20,21)18-13-8-7-10(17)9-12(13)16/h5,7-9,14,18H,2-4,6H2,1H3/t14-/m1/s1/i4D2,6D2. The van der Waals surface area contributed by atoms with Crippen LogP contribution < -0.4 is 4.72 Å². The maximum Gasteiger partial charge on any atom is 0.335 e. The normalized spacial score (nSPS) is 25.2. The fourth-order valence-electron chi connectivity index (χ4n) is 1.93. The van der Waals surface area contributed by atoms with E-state index in [0.717, 1.165) is 24.3 Å². The number of ether oxygens (including phenoxy) is 1. The van der Waals surface area contributed by atoms with Gasteiger partial charge in [0, 0.05) is 5.48 Å². The molecule has 0 spiro atoms. The van der Waals surface area contributed by atoms with E-state index in [0.29, 0.717) is 0 Å². The van der Waals surface area contributed by atoms with Gasteiger partial charge in [0.05, 0.1) is 22.9 Å².